The zero-order valence-electron chi connectivity index (χ0n) is 14.9. The topological polar surface area (TPSA) is 87.3 Å². The van der Waals surface area contributed by atoms with Gasteiger partial charge in [-0.15, -0.1) is 24.0 Å². The average Bonchev–Trinajstić information content (AvgIpc) is 2.54. The number of halogens is 1. The quantitative estimate of drug-likeness (QED) is 0.337. The highest BCUT2D eigenvalue weighted by molar-refractivity contribution is 14.0. The SMILES string of the molecule is COCC(C)NC(N)=NCCc1c(OC)cc(OC)cc1OC.I. The number of hydrogen-bond acceptors (Lipinski definition) is 5. The van der Waals surface area contributed by atoms with Gasteiger partial charge in [0.1, 0.15) is 17.2 Å². The molecule has 1 unspecified atom stereocenters. The Morgan fingerprint density at radius 2 is 1.71 bits per heavy atom. The van der Waals surface area contributed by atoms with E-state index in [0.717, 1.165) is 5.56 Å². The van der Waals surface area contributed by atoms with Crippen molar-refractivity contribution in [3.8, 4) is 17.2 Å². The fourth-order valence-corrected chi connectivity index (χ4v) is 2.20. The van der Waals surface area contributed by atoms with Crippen LogP contribution in [-0.2, 0) is 11.2 Å². The van der Waals surface area contributed by atoms with E-state index in [4.69, 9.17) is 24.7 Å². The summed E-state index contributed by atoms with van der Waals surface area (Å²) in [6.45, 7) is 3.05. The van der Waals surface area contributed by atoms with Crippen LogP contribution in [0.3, 0.4) is 0 Å². The third kappa shape index (κ3) is 7.00. The van der Waals surface area contributed by atoms with Crippen molar-refractivity contribution in [1.29, 1.82) is 0 Å². The van der Waals surface area contributed by atoms with Crippen molar-refractivity contribution in [2.45, 2.75) is 19.4 Å². The van der Waals surface area contributed by atoms with E-state index in [1.165, 1.54) is 0 Å². The number of rotatable bonds is 9. The number of nitrogens with two attached hydrogens (primary N) is 1. The van der Waals surface area contributed by atoms with E-state index in [1.54, 1.807) is 28.4 Å². The summed E-state index contributed by atoms with van der Waals surface area (Å²) < 4.78 is 21.1. The van der Waals surface area contributed by atoms with Crippen LogP contribution in [0.5, 0.6) is 17.2 Å². The maximum atomic E-state index is 5.86. The van der Waals surface area contributed by atoms with Crippen LogP contribution in [0, 0.1) is 0 Å². The lowest BCUT2D eigenvalue weighted by Crippen LogP contribution is -2.40. The Labute approximate surface area is 160 Å². The molecule has 1 rings (SSSR count). The van der Waals surface area contributed by atoms with E-state index in [9.17, 15) is 0 Å². The van der Waals surface area contributed by atoms with Gasteiger partial charge in [-0.05, 0) is 13.3 Å². The van der Waals surface area contributed by atoms with Crippen molar-refractivity contribution in [3.63, 3.8) is 0 Å². The summed E-state index contributed by atoms with van der Waals surface area (Å²) in [4.78, 5) is 4.32. The highest BCUT2D eigenvalue weighted by atomic mass is 127. The van der Waals surface area contributed by atoms with Crippen LogP contribution in [0.15, 0.2) is 17.1 Å². The van der Waals surface area contributed by atoms with E-state index < -0.39 is 0 Å². The molecular formula is C16H28IN3O4. The second-order valence-electron chi connectivity index (χ2n) is 5.03. The predicted molar refractivity (Wildman–Crippen MR) is 106 cm³/mol. The van der Waals surface area contributed by atoms with Gasteiger partial charge in [-0.3, -0.25) is 4.99 Å². The van der Waals surface area contributed by atoms with Crippen molar-refractivity contribution in [2.75, 3.05) is 41.6 Å². The molecule has 138 valence electrons. The van der Waals surface area contributed by atoms with Crippen LogP contribution in [0.2, 0.25) is 0 Å². The Morgan fingerprint density at radius 1 is 1.12 bits per heavy atom. The molecule has 0 amide bonds. The fourth-order valence-electron chi connectivity index (χ4n) is 2.20. The van der Waals surface area contributed by atoms with Crippen molar-refractivity contribution >= 4 is 29.9 Å². The van der Waals surface area contributed by atoms with Crippen LogP contribution >= 0.6 is 24.0 Å². The van der Waals surface area contributed by atoms with Gasteiger partial charge >= 0.3 is 0 Å². The molecule has 0 heterocycles. The number of nitrogens with zero attached hydrogens (tertiary/aromatic N) is 1. The fraction of sp³-hybridized carbons (Fsp3) is 0.562. The Balaban J connectivity index is 0.00000529. The van der Waals surface area contributed by atoms with Gasteiger partial charge in [0, 0.05) is 37.4 Å². The number of hydrogen-bond donors (Lipinski definition) is 2. The molecule has 0 aromatic heterocycles. The maximum absolute atomic E-state index is 5.86. The number of methoxy groups -OCH3 is 4. The van der Waals surface area contributed by atoms with Gasteiger partial charge in [0.25, 0.3) is 0 Å². The molecule has 1 aromatic carbocycles. The van der Waals surface area contributed by atoms with Crippen LogP contribution in [0.4, 0.5) is 0 Å². The van der Waals surface area contributed by atoms with Crippen LogP contribution in [0.1, 0.15) is 12.5 Å². The summed E-state index contributed by atoms with van der Waals surface area (Å²) in [5, 5.41) is 3.06. The number of nitrogens with one attached hydrogen (secondary N) is 1. The summed E-state index contributed by atoms with van der Waals surface area (Å²) in [6, 6.07) is 3.75. The van der Waals surface area contributed by atoms with E-state index in [0.29, 0.717) is 42.8 Å². The summed E-state index contributed by atoms with van der Waals surface area (Å²) in [7, 11) is 6.48. The second-order valence-corrected chi connectivity index (χ2v) is 5.03. The van der Waals surface area contributed by atoms with Crippen LogP contribution in [-0.4, -0.2) is 53.6 Å². The van der Waals surface area contributed by atoms with Crippen LogP contribution in [0.25, 0.3) is 0 Å². The number of ether oxygens (including phenoxy) is 4. The van der Waals surface area contributed by atoms with E-state index in [1.807, 2.05) is 19.1 Å². The van der Waals surface area contributed by atoms with Crippen molar-refractivity contribution in [2.24, 2.45) is 10.7 Å². The molecular weight excluding hydrogens is 425 g/mol. The van der Waals surface area contributed by atoms with Gasteiger partial charge in [0.2, 0.25) is 0 Å². The molecule has 24 heavy (non-hydrogen) atoms. The first-order valence-corrected chi connectivity index (χ1v) is 7.40. The van der Waals surface area contributed by atoms with Crippen molar-refractivity contribution in [3.05, 3.63) is 17.7 Å². The van der Waals surface area contributed by atoms with E-state index >= 15 is 0 Å². The lowest BCUT2D eigenvalue weighted by Gasteiger charge is -2.15. The third-order valence-electron chi connectivity index (χ3n) is 3.27. The smallest absolute Gasteiger partial charge is 0.188 e. The van der Waals surface area contributed by atoms with E-state index in [-0.39, 0.29) is 30.0 Å². The maximum Gasteiger partial charge on any atom is 0.188 e. The molecule has 0 saturated heterocycles. The molecule has 0 aliphatic heterocycles. The predicted octanol–water partition coefficient (Wildman–Crippen LogP) is 1.81. The molecule has 3 N–H and O–H groups in total. The monoisotopic (exact) mass is 453 g/mol. The molecule has 0 fully saturated rings. The second kappa shape index (κ2) is 12.0. The zero-order valence-corrected chi connectivity index (χ0v) is 17.2. The van der Waals surface area contributed by atoms with Crippen LogP contribution < -0.4 is 25.3 Å². The standard InChI is InChI=1S/C16H27N3O4.HI/c1-11(10-20-2)19-16(17)18-7-6-13-14(22-4)8-12(21-3)9-15(13)23-5;/h8-9,11H,6-7,10H2,1-5H3,(H3,17,18,19);1H. The van der Waals surface area contributed by atoms with Crippen molar-refractivity contribution in [1.82, 2.24) is 5.32 Å². The molecule has 0 saturated carbocycles. The van der Waals surface area contributed by atoms with Gasteiger partial charge in [0.15, 0.2) is 5.96 Å². The highest BCUT2D eigenvalue weighted by Gasteiger charge is 2.13. The van der Waals surface area contributed by atoms with E-state index in [2.05, 4.69) is 10.3 Å². The molecule has 0 aliphatic rings. The lowest BCUT2D eigenvalue weighted by molar-refractivity contribution is 0.179. The molecule has 0 bridgehead atoms. The molecule has 1 atom stereocenters. The van der Waals surface area contributed by atoms with Gasteiger partial charge < -0.3 is 30.0 Å². The lowest BCUT2D eigenvalue weighted by atomic mass is 10.1. The summed E-state index contributed by atoms with van der Waals surface area (Å²) in [6.07, 6.45) is 0.636. The zero-order chi connectivity index (χ0) is 17.2. The summed E-state index contributed by atoms with van der Waals surface area (Å²) >= 11 is 0. The Bertz CT molecular complexity index is 501. The van der Waals surface area contributed by atoms with Gasteiger partial charge in [-0.2, -0.15) is 0 Å². The van der Waals surface area contributed by atoms with Gasteiger partial charge in [0.05, 0.1) is 27.9 Å². The number of guanidine groups is 1. The summed E-state index contributed by atoms with van der Waals surface area (Å²) in [5.41, 5.74) is 6.78. The average molecular weight is 453 g/mol. The molecule has 8 heteroatoms. The van der Waals surface area contributed by atoms with Gasteiger partial charge in [-0.1, -0.05) is 0 Å². The first kappa shape index (κ1) is 22.6. The Kier molecular flexibility index (Phi) is 11.3. The van der Waals surface area contributed by atoms with Gasteiger partial charge in [-0.25, -0.2) is 0 Å². The Morgan fingerprint density at radius 3 is 2.17 bits per heavy atom. The number of benzene rings is 1. The largest absolute Gasteiger partial charge is 0.496 e. The number of aliphatic imine (C=N–C) groups is 1. The molecule has 0 aliphatic carbocycles. The molecule has 0 radical (unpaired) electrons. The summed E-state index contributed by atoms with van der Waals surface area (Å²) in [5.74, 6) is 2.48. The Hall–Kier alpha value is -1.42. The highest BCUT2D eigenvalue weighted by Crippen LogP contribution is 2.34. The normalized spacial score (nSPS) is 12.1. The molecule has 7 nitrogen and oxygen atoms in total. The first-order valence-electron chi connectivity index (χ1n) is 7.40. The minimum absolute atomic E-state index is 0. The minimum Gasteiger partial charge on any atom is -0.496 e. The van der Waals surface area contributed by atoms with Crippen molar-refractivity contribution < 1.29 is 18.9 Å². The minimum atomic E-state index is 0. The first-order chi connectivity index (χ1) is 11.0. The molecule has 0 spiro atoms. The third-order valence-corrected chi connectivity index (χ3v) is 3.27. The molecule has 1 aromatic rings.